The minimum Gasteiger partial charge on any atom is -0.340 e. The Morgan fingerprint density at radius 1 is 1.45 bits per heavy atom. The van der Waals surface area contributed by atoms with E-state index in [2.05, 4.69) is 14.7 Å². The van der Waals surface area contributed by atoms with E-state index < -0.39 is 21.9 Å². The third-order valence-corrected chi connectivity index (χ3v) is 4.06. The first kappa shape index (κ1) is 16.9. The van der Waals surface area contributed by atoms with Gasteiger partial charge in [-0.15, -0.1) is 0 Å². The fraction of sp³-hybridized carbons (Fsp3) is 0.667. The molecule has 2 heterocycles. The summed E-state index contributed by atoms with van der Waals surface area (Å²) < 4.78 is 62.7. The van der Waals surface area contributed by atoms with Gasteiger partial charge in [-0.25, -0.2) is 23.1 Å². The number of hydrogen-bond donors (Lipinski definition) is 1. The predicted molar refractivity (Wildman–Crippen MR) is 74.8 cm³/mol. The predicted octanol–water partition coefficient (Wildman–Crippen LogP) is 1.26. The molecule has 1 fully saturated rings. The topological polar surface area (TPSA) is 75.2 Å². The molecule has 1 N–H and O–H groups in total. The Labute approximate surface area is 126 Å². The van der Waals surface area contributed by atoms with Gasteiger partial charge in [0, 0.05) is 25.8 Å². The number of nitrogens with one attached hydrogen (secondary N) is 1. The maximum atomic E-state index is 12.7. The summed E-state index contributed by atoms with van der Waals surface area (Å²) in [6.07, 6.45) is -0.800. The summed E-state index contributed by atoms with van der Waals surface area (Å²) in [6.45, 7) is 1.23. The minimum absolute atomic E-state index is 0.0154. The molecule has 10 heteroatoms. The van der Waals surface area contributed by atoms with Crippen molar-refractivity contribution in [1.29, 1.82) is 0 Å². The molecule has 124 valence electrons. The van der Waals surface area contributed by atoms with Gasteiger partial charge in [-0.3, -0.25) is 0 Å². The van der Waals surface area contributed by atoms with Gasteiger partial charge in [0.15, 0.2) is 0 Å². The zero-order valence-corrected chi connectivity index (χ0v) is 12.8. The lowest BCUT2D eigenvalue weighted by Crippen LogP contribution is -2.41. The quantitative estimate of drug-likeness (QED) is 0.895. The first-order valence-electron chi connectivity index (χ1n) is 6.75. The largest absolute Gasteiger partial charge is 0.433 e. The van der Waals surface area contributed by atoms with Crippen LogP contribution in [0.2, 0.25) is 0 Å². The van der Waals surface area contributed by atoms with Gasteiger partial charge in [-0.1, -0.05) is 0 Å². The molecule has 22 heavy (non-hydrogen) atoms. The average Bonchev–Trinajstić information content (AvgIpc) is 2.44. The van der Waals surface area contributed by atoms with Crippen LogP contribution in [-0.2, 0) is 16.2 Å². The highest BCUT2D eigenvalue weighted by molar-refractivity contribution is 7.88. The van der Waals surface area contributed by atoms with Gasteiger partial charge in [0.2, 0.25) is 16.0 Å². The van der Waals surface area contributed by atoms with E-state index in [4.69, 9.17) is 0 Å². The normalized spacial score (nSPS) is 20.2. The van der Waals surface area contributed by atoms with E-state index in [-0.39, 0.29) is 18.4 Å². The Hall–Kier alpha value is -1.42. The number of sulfonamides is 1. The maximum absolute atomic E-state index is 12.7. The van der Waals surface area contributed by atoms with Gasteiger partial charge >= 0.3 is 6.18 Å². The molecule has 1 aliphatic heterocycles. The Morgan fingerprint density at radius 3 is 2.82 bits per heavy atom. The minimum atomic E-state index is -4.51. The average molecular weight is 338 g/mol. The highest BCUT2D eigenvalue weighted by Gasteiger charge is 2.33. The van der Waals surface area contributed by atoms with Gasteiger partial charge in [0.05, 0.1) is 6.26 Å². The van der Waals surface area contributed by atoms with Crippen molar-refractivity contribution in [1.82, 2.24) is 14.7 Å². The van der Waals surface area contributed by atoms with Crippen LogP contribution in [0.25, 0.3) is 0 Å². The van der Waals surface area contributed by atoms with E-state index in [0.717, 1.165) is 31.4 Å². The van der Waals surface area contributed by atoms with Crippen LogP contribution in [0.1, 0.15) is 18.5 Å². The molecule has 1 aliphatic rings. The Bertz CT molecular complexity index is 621. The second kappa shape index (κ2) is 6.37. The van der Waals surface area contributed by atoms with Crippen LogP contribution in [0.15, 0.2) is 12.3 Å². The van der Waals surface area contributed by atoms with E-state index in [1.165, 1.54) is 0 Å². The van der Waals surface area contributed by atoms with Crippen molar-refractivity contribution in [2.24, 2.45) is 5.92 Å². The van der Waals surface area contributed by atoms with Crippen molar-refractivity contribution >= 4 is 16.0 Å². The van der Waals surface area contributed by atoms with Gasteiger partial charge < -0.3 is 4.90 Å². The second-order valence-electron chi connectivity index (χ2n) is 5.31. The molecule has 1 saturated heterocycles. The molecule has 0 bridgehead atoms. The van der Waals surface area contributed by atoms with Crippen molar-refractivity contribution in [2.45, 2.75) is 19.0 Å². The van der Waals surface area contributed by atoms with Gasteiger partial charge in [0.25, 0.3) is 0 Å². The fourth-order valence-corrected chi connectivity index (χ4v) is 2.88. The van der Waals surface area contributed by atoms with Crippen LogP contribution >= 0.6 is 0 Å². The SMILES string of the molecule is CS(=O)(=O)NCC1CCCN(c2nccc(C(F)(F)F)n2)C1. The number of aromatic nitrogens is 2. The molecule has 0 amide bonds. The highest BCUT2D eigenvalue weighted by Crippen LogP contribution is 2.29. The molecule has 1 atom stereocenters. The van der Waals surface area contributed by atoms with Crippen molar-refractivity contribution in [2.75, 3.05) is 30.8 Å². The van der Waals surface area contributed by atoms with Gasteiger partial charge in [0.1, 0.15) is 5.69 Å². The lowest BCUT2D eigenvalue weighted by Gasteiger charge is -2.32. The fourth-order valence-electron chi connectivity index (χ4n) is 2.34. The molecule has 0 spiro atoms. The Kier molecular flexibility index (Phi) is 4.90. The Morgan fingerprint density at radius 2 is 2.18 bits per heavy atom. The van der Waals surface area contributed by atoms with Crippen LogP contribution in [0, 0.1) is 5.92 Å². The highest BCUT2D eigenvalue weighted by atomic mass is 32.2. The molecular weight excluding hydrogens is 321 g/mol. The van der Waals surface area contributed by atoms with Crippen LogP contribution in [0.5, 0.6) is 0 Å². The molecule has 0 aliphatic carbocycles. The zero-order chi connectivity index (χ0) is 16.4. The standard InChI is InChI=1S/C12H17F3N4O2S/c1-22(20,21)17-7-9-3-2-6-19(8-9)11-16-5-4-10(18-11)12(13,14)15/h4-5,9,17H,2-3,6-8H2,1H3. The number of anilines is 1. The lowest BCUT2D eigenvalue weighted by atomic mass is 9.99. The molecule has 0 saturated carbocycles. The first-order valence-corrected chi connectivity index (χ1v) is 8.64. The molecule has 2 rings (SSSR count). The first-order chi connectivity index (χ1) is 10.1. The van der Waals surface area contributed by atoms with E-state index in [1.54, 1.807) is 4.90 Å². The number of nitrogens with zero attached hydrogens (tertiary/aromatic N) is 3. The van der Waals surface area contributed by atoms with Crippen molar-refractivity contribution in [3.63, 3.8) is 0 Å². The van der Waals surface area contributed by atoms with Crippen LogP contribution in [0.4, 0.5) is 19.1 Å². The van der Waals surface area contributed by atoms with Crippen LogP contribution in [-0.4, -0.2) is 44.3 Å². The van der Waals surface area contributed by atoms with Crippen LogP contribution in [0.3, 0.4) is 0 Å². The molecule has 6 nitrogen and oxygen atoms in total. The van der Waals surface area contributed by atoms with Crippen molar-refractivity contribution in [3.8, 4) is 0 Å². The van der Waals surface area contributed by atoms with Gasteiger partial charge in [-0.05, 0) is 24.8 Å². The number of alkyl halides is 3. The lowest BCUT2D eigenvalue weighted by molar-refractivity contribution is -0.141. The molecule has 0 aromatic carbocycles. The zero-order valence-electron chi connectivity index (χ0n) is 12.0. The van der Waals surface area contributed by atoms with E-state index in [1.807, 2.05) is 0 Å². The second-order valence-corrected chi connectivity index (χ2v) is 7.15. The summed E-state index contributed by atoms with van der Waals surface area (Å²) in [5.41, 5.74) is -0.978. The summed E-state index contributed by atoms with van der Waals surface area (Å²) in [5.74, 6) is 0.0421. The van der Waals surface area contributed by atoms with E-state index in [0.29, 0.717) is 13.1 Å². The summed E-state index contributed by atoms with van der Waals surface area (Å²) in [4.78, 5) is 9.12. The molecular formula is C12H17F3N4O2S. The Balaban J connectivity index is 2.06. The van der Waals surface area contributed by atoms with Crippen LogP contribution < -0.4 is 9.62 Å². The third kappa shape index (κ3) is 4.80. The van der Waals surface area contributed by atoms with Crippen molar-refractivity contribution in [3.05, 3.63) is 18.0 Å². The smallest absolute Gasteiger partial charge is 0.340 e. The molecule has 1 aromatic heterocycles. The van der Waals surface area contributed by atoms with Gasteiger partial charge in [-0.2, -0.15) is 13.2 Å². The summed E-state index contributed by atoms with van der Waals surface area (Å²) in [5, 5.41) is 0. The third-order valence-electron chi connectivity index (χ3n) is 3.37. The van der Waals surface area contributed by atoms with E-state index >= 15 is 0 Å². The monoisotopic (exact) mass is 338 g/mol. The maximum Gasteiger partial charge on any atom is 0.433 e. The van der Waals surface area contributed by atoms with E-state index in [9.17, 15) is 21.6 Å². The molecule has 1 unspecified atom stereocenters. The summed E-state index contributed by atoms with van der Waals surface area (Å²) >= 11 is 0. The summed E-state index contributed by atoms with van der Waals surface area (Å²) in [7, 11) is -3.28. The number of hydrogen-bond acceptors (Lipinski definition) is 5. The molecule has 1 aromatic rings. The van der Waals surface area contributed by atoms with Crippen molar-refractivity contribution < 1.29 is 21.6 Å². The number of piperidine rings is 1. The molecule has 0 radical (unpaired) electrons. The number of rotatable bonds is 4. The number of halogens is 3. The summed E-state index contributed by atoms with van der Waals surface area (Å²) in [6, 6.07) is 0.830.